The summed E-state index contributed by atoms with van der Waals surface area (Å²) in [7, 11) is 0. The fourth-order valence-electron chi connectivity index (χ4n) is 7.28. The van der Waals surface area contributed by atoms with Gasteiger partial charge in [-0.3, -0.25) is 19.6 Å². The predicted octanol–water partition coefficient (Wildman–Crippen LogP) is 6.57. The van der Waals surface area contributed by atoms with E-state index in [0.29, 0.717) is 64.1 Å². The minimum Gasteiger partial charge on any atom is -0.494 e. The highest BCUT2D eigenvalue weighted by Crippen LogP contribution is 2.35. The van der Waals surface area contributed by atoms with Gasteiger partial charge in [0.15, 0.2) is 0 Å². The monoisotopic (exact) mass is 1060 g/mol. The van der Waals surface area contributed by atoms with Gasteiger partial charge < -0.3 is 56.9 Å². The van der Waals surface area contributed by atoms with E-state index >= 15 is 0 Å². The molecule has 1 unspecified atom stereocenters. The summed E-state index contributed by atoms with van der Waals surface area (Å²) in [5, 5.41) is 13.1. The van der Waals surface area contributed by atoms with E-state index in [1.165, 1.54) is 42.6 Å². The zero-order valence-electron chi connectivity index (χ0n) is 43.0. The summed E-state index contributed by atoms with van der Waals surface area (Å²) in [5.41, 5.74) is -0.207. The number of ether oxygens (including phenoxy) is 11. The maximum absolute atomic E-state index is 13.5. The fourth-order valence-corrected chi connectivity index (χ4v) is 7.28. The summed E-state index contributed by atoms with van der Waals surface area (Å²) in [6, 6.07) is 9.97. The number of hydrogen-bond acceptors (Lipinski definition) is 21. The summed E-state index contributed by atoms with van der Waals surface area (Å²) in [5.74, 6) is -7.00. The zero-order valence-corrected chi connectivity index (χ0v) is 43.0. The number of rotatable bonds is 32. The lowest BCUT2D eigenvalue weighted by atomic mass is 9.82. The van der Waals surface area contributed by atoms with Gasteiger partial charge in [-0.15, -0.1) is 0 Å². The van der Waals surface area contributed by atoms with Crippen LogP contribution in [-0.4, -0.2) is 125 Å². The number of benzene rings is 2. The van der Waals surface area contributed by atoms with E-state index in [-0.39, 0.29) is 110 Å². The molecule has 4 rings (SSSR count). The molecule has 2 aromatic rings. The average molecular weight is 1060 g/mol. The van der Waals surface area contributed by atoms with Crippen LogP contribution in [0.15, 0.2) is 90.9 Å². The van der Waals surface area contributed by atoms with Gasteiger partial charge in [-0.1, -0.05) is 20.1 Å². The van der Waals surface area contributed by atoms with Gasteiger partial charge in [0.2, 0.25) is 6.21 Å². The van der Waals surface area contributed by atoms with Crippen LogP contribution >= 0.6 is 0 Å². The van der Waals surface area contributed by atoms with Crippen LogP contribution in [0.25, 0.3) is 0 Å². The summed E-state index contributed by atoms with van der Waals surface area (Å²) < 4.78 is 58.5. The Morgan fingerprint density at radius 3 is 1.89 bits per heavy atom. The molecule has 1 fully saturated rings. The third kappa shape index (κ3) is 21.5. The zero-order chi connectivity index (χ0) is 55.2. The summed E-state index contributed by atoms with van der Waals surface area (Å²) in [6.45, 7) is 12.8. The molecule has 0 bridgehead atoms. The van der Waals surface area contributed by atoms with Crippen molar-refractivity contribution in [1.29, 1.82) is 0 Å². The minimum atomic E-state index is -0.870. The number of unbranched alkanes of at least 4 members (excludes halogenated alkanes) is 1. The number of hydrogen-bond donors (Lipinski definition) is 0. The van der Waals surface area contributed by atoms with Crippen molar-refractivity contribution in [2.75, 3.05) is 66.1 Å². The van der Waals surface area contributed by atoms with Crippen LogP contribution in [0, 0.1) is 23.0 Å². The van der Waals surface area contributed by atoms with E-state index < -0.39 is 66.0 Å². The molecular weight excluding hydrogens is 999 g/mol. The second-order valence-electron chi connectivity index (χ2n) is 16.8. The van der Waals surface area contributed by atoms with Crippen molar-refractivity contribution in [3.8, 4) is 17.2 Å². The molecule has 0 N–H and O–H groups in total. The van der Waals surface area contributed by atoms with Crippen LogP contribution in [0.5, 0.6) is 17.2 Å². The van der Waals surface area contributed by atoms with Crippen molar-refractivity contribution in [2.24, 2.45) is 17.8 Å². The predicted molar refractivity (Wildman–Crippen MR) is 266 cm³/mol. The molecule has 0 saturated heterocycles. The molecule has 2 aromatic carbocycles. The van der Waals surface area contributed by atoms with Crippen LogP contribution in [0.3, 0.4) is 0 Å². The molecule has 0 aromatic heterocycles. The molecule has 22 heteroatoms. The highest BCUT2D eigenvalue weighted by Gasteiger charge is 2.34. The van der Waals surface area contributed by atoms with Gasteiger partial charge in [-0.2, -0.15) is 0 Å². The van der Waals surface area contributed by atoms with Crippen LogP contribution in [-0.2, 0) is 71.4 Å². The van der Waals surface area contributed by atoms with Crippen molar-refractivity contribution in [2.45, 2.75) is 78.6 Å². The Morgan fingerprint density at radius 2 is 1.24 bits per heavy atom. The van der Waals surface area contributed by atoms with E-state index in [1.54, 1.807) is 32.9 Å². The smallest absolute Gasteiger partial charge is 0.343 e. The van der Waals surface area contributed by atoms with E-state index in [9.17, 15) is 43.6 Å². The van der Waals surface area contributed by atoms with Gasteiger partial charge in [0.25, 0.3) is 0 Å². The van der Waals surface area contributed by atoms with Crippen molar-refractivity contribution >= 4 is 54.0 Å². The second-order valence-corrected chi connectivity index (χ2v) is 16.8. The van der Waals surface area contributed by atoms with E-state index in [4.69, 9.17) is 56.9 Å². The lowest BCUT2D eigenvalue weighted by Crippen LogP contribution is -2.27. The Bertz CT molecular complexity index is 2430. The first-order valence-corrected chi connectivity index (χ1v) is 24.8. The SMILES string of the molecule is C=CC(=O)OCCCCOc1ccc(C(=O)Oc2ccc(O/[N+]([O-])=C/C3CCC(C(=O)OC4=CC(C(=O)OCCOCC)=C(OC(=O)CCC(=O)OCCOC(=O)C=C)C(C)C4)CC3)cc2C(=O)OCCOCC)cc1. The van der Waals surface area contributed by atoms with Crippen LogP contribution in [0.1, 0.15) is 99.3 Å². The minimum absolute atomic E-state index is 0.0365. The maximum atomic E-state index is 13.5. The van der Waals surface area contributed by atoms with Gasteiger partial charge in [-0.05, 0) is 101 Å². The molecule has 0 amide bonds. The number of carbonyl (C=O) groups is 8. The normalized spacial score (nSPS) is 16.2. The first kappa shape index (κ1) is 60.7. The Balaban J connectivity index is 1.35. The Kier molecular flexibility index (Phi) is 26.5. The highest BCUT2D eigenvalue weighted by atomic mass is 16.9. The largest absolute Gasteiger partial charge is 0.494 e. The highest BCUT2D eigenvalue weighted by molar-refractivity contribution is 5.97. The van der Waals surface area contributed by atoms with Crippen molar-refractivity contribution in [3.63, 3.8) is 0 Å². The third-order valence-corrected chi connectivity index (χ3v) is 11.1. The van der Waals surface area contributed by atoms with Crippen molar-refractivity contribution < 1.29 is 100 Å². The van der Waals surface area contributed by atoms with Crippen LogP contribution < -0.4 is 14.3 Å². The summed E-state index contributed by atoms with van der Waals surface area (Å²) in [4.78, 5) is 106. The molecule has 412 valence electrons. The first-order valence-electron chi connectivity index (χ1n) is 24.8. The number of esters is 8. The number of carbonyl (C=O) groups excluding carboxylic acids is 8. The molecule has 0 spiro atoms. The summed E-state index contributed by atoms with van der Waals surface area (Å²) >= 11 is 0. The Morgan fingerprint density at radius 1 is 0.645 bits per heavy atom. The maximum Gasteiger partial charge on any atom is 0.343 e. The number of allylic oxidation sites excluding steroid dienone is 2. The molecule has 1 atom stereocenters. The quantitative estimate of drug-likeness (QED) is 0.0110. The van der Waals surface area contributed by atoms with E-state index in [1.807, 2.05) is 0 Å². The molecule has 1 saturated carbocycles. The van der Waals surface area contributed by atoms with Gasteiger partial charge in [-0.25, -0.2) is 24.0 Å². The second kappa shape index (κ2) is 33.1. The third-order valence-electron chi connectivity index (χ3n) is 11.1. The van der Waals surface area contributed by atoms with Gasteiger partial charge in [0, 0.05) is 48.5 Å². The Labute approximate surface area is 440 Å². The standard InChI is InChI=1S/C54H65NO21/c1-6-46(56)68-25-11-10-24-67-40-18-16-39(17-19-40)52(61)74-45-21-20-41(33-43(45)53(62)71-28-26-65-8-3)76-55(64)35-37-12-14-38(15-13-37)51(60)73-42-32-36(5)50(44(34-42)54(63)72-29-27-66-9-4)75-49(59)23-22-48(58)70-31-30-69-47(57)7-2/h6-7,16-21,33-38H,1-2,8-15,22-32H2,3-5H3/b55-35+. The first-order chi connectivity index (χ1) is 36.6. The fraction of sp³-hybridized carbons (Fsp3) is 0.463. The molecule has 0 aliphatic heterocycles. The summed E-state index contributed by atoms with van der Waals surface area (Å²) in [6.07, 6.45) is 6.64. The van der Waals surface area contributed by atoms with E-state index in [0.717, 1.165) is 12.2 Å². The van der Waals surface area contributed by atoms with E-state index in [2.05, 4.69) is 13.2 Å². The van der Waals surface area contributed by atoms with Gasteiger partial charge >= 0.3 is 47.8 Å². The topological polar surface area (TPSA) is 273 Å². The Hall–Kier alpha value is -7.85. The molecular formula is C54H65NO21. The molecule has 2 aliphatic rings. The number of nitrogens with zero attached hydrogens (tertiary/aromatic N) is 1. The van der Waals surface area contributed by atoms with Crippen molar-refractivity contribution in [3.05, 3.63) is 107 Å². The van der Waals surface area contributed by atoms with Crippen molar-refractivity contribution in [1.82, 2.24) is 0 Å². The lowest BCUT2D eigenvalue weighted by Gasteiger charge is -2.27. The molecule has 0 heterocycles. The van der Waals surface area contributed by atoms with Gasteiger partial charge in [0.05, 0.1) is 56.5 Å². The molecule has 2 aliphatic carbocycles. The molecule has 22 nitrogen and oxygen atoms in total. The van der Waals surface area contributed by atoms with Gasteiger partial charge in [0.1, 0.15) is 60.6 Å². The lowest BCUT2D eigenvalue weighted by molar-refractivity contribution is -0.691. The van der Waals surface area contributed by atoms with Crippen LogP contribution in [0.4, 0.5) is 0 Å². The van der Waals surface area contributed by atoms with Crippen LogP contribution in [0.2, 0.25) is 0 Å². The average Bonchev–Trinajstić information content (AvgIpc) is 3.41. The molecule has 76 heavy (non-hydrogen) atoms. The molecule has 0 radical (unpaired) electrons.